The summed E-state index contributed by atoms with van der Waals surface area (Å²) in [5.74, 6) is -1.01. The molecule has 1 aromatic carbocycles. The molecule has 2 aromatic rings. The van der Waals surface area contributed by atoms with Crippen molar-refractivity contribution in [2.75, 3.05) is 6.61 Å². The normalized spacial score (nSPS) is 11.3. The Bertz CT molecular complexity index is 848. The van der Waals surface area contributed by atoms with Crippen molar-refractivity contribution in [3.63, 3.8) is 0 Å². The maximum Gasteiger partial charge on any atom is 0.433 e. The number of aryl methyl sites for hydroxylation is 1. The monoisotopic (exact) mass is 387 g/mol. The number of rotatable bonds is 7. The first-order valence-electron chi connectivity index (χ1n) is 7.89. The van der Waals surface area contributed by atoms with E-state index in [2.05, 4.69) is 5.10 Å². The van der Waals surface area contributed by atoms with Crippen molar-refractivity contribution >= 4 is 11.7 Å². The lowest BCUT2D eigenvalue weighted by Crippen LogP contribution is -2.19. The molecule has 27 heavy (non-hydrogen) atoms. The number of esters is 1. The fourth-order valence-electron chi connectivity index (χ4n) is 2.38. The van der Waals surface area contributed by atoms with Crippen LogP contribution in [0.15, 0.2) is 24.4 Å². The van der Waals surface area contributed by atoms with Crippen molar-refractivity contribution in [1.82, 2.24) is 9.78 Å². The lowest BCUT2D eigenvalue weighted by Gasteiger charge is -2.12. The Kier molecular flexibility index (Phi) is 6.03. The molecule has 0 aliphatic rings. The van der Waals surface area contributed by atoms with E-state index in [-0.39, 0.29) is 30.2 Å². The maximum absolute atomic E-state index is 13.2. The van der Waals surface area contributed by atoms with E-state index in [4.69, 9.17) is 9.47 Å². The van der Waals surface area contributed by atoms with E-state index in [0.717, 1.165) is 12.3 Å². The van der Waals surface area contributed by atoms with E-state index >= 15 is 0 Å². The van der Waals surface area contributed by atoms with Crippen LogP contribution in [0.3, 0.4) is 0 Å². The Morgan fingerprint density at radius 1 is 1.33 bits per heavy atom. The molecule has 146 valence electrons. The van der Waals surface area contributed by atoms with Crippen molar-refractivity contribution in [3.8, 4) is 5.75 Å². The third kappa shape index (κ3) is 4.54. The minimum atomic E-state index is -4.79. The third-order valence-corrected chi connectivity index (χ3v) is 3.54. The van der Waals surface area contributed by atoms with Gasteiger partial charge in [-0.15, -0.1) is 0 Å². The summed E-state index contributed by atoms with van der Waals surface area (Å²) in [7, 11) is 0. The first-order chi connectivity index (χ1) is 12.7. The number of nitrogens with zero attached hydrogens (tertiary/aromatic N) is 3. The average molecular weight is 387 g/mol. The summed E-state index contributed by atoms with van der Waals surface area (Å²) >= 11 is 0. The molecule has 0 aliphatic heterocycles. The smallest absolute Gasteiger partial charge is 0.433 e. The zero-order valence-electron chi connectivity index (χ0n) is 14.4. The minimum absolute atomic E-state index is 0.0819. The minimum Gasteiger partial charge on any atom is -0.493 e. The maximum atomic E-state index is 13.2. The quantitative estimate of drug-likeness (QED) is 0.409. The summed E-state index contributed by atoms with van der Waals surface area (Å²) in [5.41, 5.74) is -2.04. The van der Waals surface area contributed by atoms with Crippen molar-refractivity contribution < 1.29 is 32.4 Å². The van der Waals surface area contributed by atoms with Crippen molar-refractivity contribution in [3.05, 3.63) is 51.3 Å². The van der Waals surface area contributed by atoms with Gasteiger partial charge >= 0.3 is 12.1 Å². The number of nitro groups is 1. The SMILES string of the molecule is CCOc1ccc([N+](=O)[O-])cc1COC(=O)c1cnn(CC)c1C(F)(F)F. The van der Waals surface area contributed by atoms with Gasteiger partial charge in [0.25, 0.3) is 5.69 Å². The highest BCUT2D eigenvalue weighted by Gasteiger charge is 2.40. The molecule has 0 radical (unpaired) electrons. The van der Waals surface area contributed by atoms with E-state index in [1.165, 1.54) is 19.1 Å². The Morgan fingerprint density at radius 2 is 2.04 bits per heavy atom. The predicted octanol–water partition coefficient (Wildman–Crippen LogP) is 3.59. The van der Waals surface area contributed by atoms with Crippen LogP contribution in [0, 0.1) is 10.1 Å². The number of carbonyl (C=O) groups is 1. The zero-order valence-corrected chi connectivity index (χ0v) is 14.4. The van der Waals surface area contributed by atoms with E-state index in [0.29, 0.717) is 4.68 Å². The van der Waals surface area contributed by atoms with Gasteiger partial charge in [0.2, 0.25) is 0 Å². The molecule has 0 aliphatic carbocycles. The summed E-state index contributed by atoms with van der Waals surface area (Å²) in [6.07, 6.45) is -4.01. The lowest BCUT2D eigenvalue weighted by atomic mass is 10.2. The van der Waals surface area contributed by atoms with Gasteiger partial charge in [0, 0.05) is 24.2 Å². The highest BCUT2D eigenvalue weighted by atomic mass is 19.4. The Balaban J connectivity index is 2.27. The highest BCUT2D eigenvalue weighted by molar-refractivity contribution is 5.90. The van der Waals surface area contributed by atoms with Crippen LogP contribution in [-0.4, -0.2) is 27.3 Å². The summed E-state index contributed by atoms with van der Waals surface area (Å²) in [6, 6.07) is 3.68. The van der Waals surface area contributed by atoms with Gasteiger partial charge in [-0.05, 0) is 19.9 Å². The molecule has 0 saturated carbocycles. The van der Waals surface area contributed by atoms with E-state index in [9.17, 15) is 28.1 Å². The standard InChI is InChI=1S/C16H16F3N3O5/c1-3-21-14(16(17,18)19)12(8-20-21)15(23)27-9-10-7-11(22(24)25)5-6-13(10)26-4-2/h5-8H,3-4,9H2,1-2H3. The first kappa shape index (κ1) is 20.2. The summed E-state index contributed by atoms with van der Waals surface area (Å²) < 4.78 is 50.5. The molecule has 2 rings (SSSR count). The van der Waals surface area contributed by atoms with Gasteiger partial charge in [0.1, 0.15) is 17.9 Å². The largest absolute Gasteiger partial charge is 0.493 e. The molecule has 0 amide bonds. The highest BCUT2D eigenvalue weighted by Crippen LogP contribution is 2.33. The van der Waals surface area contributed by atoms with E-state index < -0.39 is 34.9 Å². The number of non-ortho nitro benzene ring substituents is 1. The Hall–Kier alpha value is -3.11. The zero-order chi connectivity index (χ0) is 20.2. The number of nitro benzene ring substituents is 1. The number of alkyl halides is 3. The van der Waals surface area contributed by atoms with Gasteiger partial charge in [0.15, 0.2) is 5.69 Å². The second-order valence-electron chi connectivity index (χ2n) is 5.28. The van der Waals surface area contributed by atoms with E-state index in [1.807, 2.05) is 0 Å². The molecule has 0 unspecified atom stereocenters. The summed E-state index contributed by atoms with van der Waals surface area (Å²) in [4.78, 5) is 22.4. The van der Waals surface area contributed by atoms with Crippen LogP contribution in [0.5, 0.6) is 5.75 Å². The van der Waals surface area contributed by atoms with Crippen molar-refractivity contribution in [2.24, 2.45) is 0 Å². The number of benzene rings is 1. The van der Waals surface area contributed by atoms with Crippen molar-refractivity contribution in [1.29, 1.82) is 0 Å². The van der Waals surface area contributed by atoms with Gasteiger partial charge in [-0.1, -0.05) is 0 Å². The van der Waals surface area contributed by atoms with Crippen LogP contribution in [0.2, 0.25) is 0 Å². The molecule has 0 fully saturated rings. The molecule has 0 N–H and O–H groups in total. The first-order valence-corrected chi connectivity index (χ1v) is 7.89. The number of halogens is 3. The van der Waals surface area contributed by atoms with Crippen LogP contribution < -0.4 is 4.74 Å². The molecule has 0 saturated heterocycles. The summed E-state index contributed by atoms with van der Waals surface area (Å²) in [5, 5.41) is 14.4. The van der Waals surface area contributed by atoms with Crippen molar-refractivity contribution in [2.45, 2.75) is 33.2 Å². The Labute approximate surface area is 151 Å². The lowest BCUT2D eigenvalue weighted by molar-refractivity contribution is -0.385. The second-order valence-corrected chi connectivity index (χ2v) is 5.28. The number of aromatic nitrogens is 2. The van der Waals surface area contributed by atoms with Crippen LogP contribution in [0.1, 0.15) is 35.5 Å². The van der Waals surface area contributed by atoms with Gasteiger partial charge in [-0.3, -0.25) is 14.8 Å². The number of hydrogen-bond acceptors (Lipinski definition) is 6. The fraction of sp³-hybridized carbons (Fsp3) is 0.375. The average Bonchev–Trinajstić information content (AvgIpc) is 3.05. The third-order valence-electron chi connectivity index (χ3n) is 3.54. The second kappa shape index (κ2) is 8.06. The molecule has 1 heterocycles. The molecule has 1 aromatic heterocycles. The molecule has 11 heteroatoms. The van der Waals surface area contributed by atoms with Gasteiger partial charge in [0.05, 0.1) is 17.7 Å². The fourth-order valence-corrected chi connectivity index (χ4v) is 2.38. The Morgan fingerprint density at radius 3 is 2.59 bits per heavy atom. The van der Waals surface area contributed by atoms with Gasteiger partial charge in [-0.25, -0.2) is 4.79 Å². The molecular weight excluding hydrogens is 371 g/mol. The van der Waals surface area contributed by atoms with Gasteiger partial charge in [-0.2, -0.15) is 18.3 Å². The molecular formula is C16H16F3N3O5. The van der Waals surface area contributed by atoms with Crippen LogP contribution >= 0.6 is 0 Å². The molecule has 8 nitrogen and oxygen atoms in total. The number of ether oxygens (including phenoxy) is 2. The predicted molar refractivity (Wildman–Crippen MR) is 86.3 cm³/mol. The number of carbonyl (C=O) groups excluding carboxylic acids is 1. The van der Waals surface area contributed by atoms with Crippen LogP contribution in [0.25, 0.3) is 0 Å². The number of hydrogen-bond donors (Lipinski definition) is 0. The van der Waals surface area contributed by atoms with Gasteiger partial charge < -0.3 is 9.47 Å². The van der Waals surface area contributed by atoms with E-state index in [1.54, 1.807) is 6.92 Å². The summed E-state index contributed by atoms with van der Waals surface area (Å²) in [6.45, 7) is 2.81. The topological polar surface area (TPSA) is 96.5 Å². The van der Waals surface area contributed by atoms with Crippen LogP contribution in [0.4, 0.5) is 18.9 Å². The van der Waals surface area contributed by atoms with Crippen LogP contribution in [-0.2, 0) is 24.1 Å². The molecule has 0 atom stereocenters. The molecule has 0 spiro atoms. The molecule has 0 bridgehead atoms.